The lowest BCUT2D eigenvalue weighted by Crippen LogP contribution is -2.11. The minimum Gasteiger partial charge on any atom is -0.508 e. The van der Waals surface area contributed by atoms with E-state index in [-0.39, 0.29) is 25.6 Å². The van der Waals surface area contributed by atoms with Crippen LogP contribution in [0.3, 0.4) is 0 Å². The molecule has 1 fully saturated rings. The molecule has 0 atom stereocenters. The van der Waals surface area contributed by atoms with Gasteiger partial charge in [-0.25, -0.2) is 0 Å². The average molecular weight is 278 g/mol. The normalized spacial score (nSPS) is 16.1. The number of hydrogen-bond acceptors (Lipinski definition) is 4. The number of carbonyl (C=O) groups is 1. The third kappa shape index (κ3) is 3.97. The third-order valence-electron chi connectivity index (χ3n) is 3.84. The van der Waals surface area contributed by atoms with Crippen LogP contribution in [0.15, 0.2) is 18.2 Å². The van der Waals surface area contributed by atoms with Gasteiger partial charge in [0, 0.05) is 0 Å². The molecule has 2 rings (SSSR count). The number of carbonyl (C=O) groups excluding carboxylic acids is 1. The number of aromatic hydroxyl groups is 1. The number of rotatable bonds is 5. The van der Waals surface area contributed by atoms with E-state index in [2.05, 4.69) is 0 Å². The highest BCUT2D eigenvalue weighted by Gasteiger charge is 2.19. The molecule has 0 unspecified atom stereocenters. The zero-order chi connectivity index (χ0) is 14.4. The fraction of sp³-hybridized carbons (Fsp3) is 0.562. The molecule has 1 saturated carbocycles. The SMILES string of the molecule is O=C(Cc1ccc(O)c(C2CCCCC2)c1)OCCO. The van der Waals surface area contributed by atoms with E-state index < -0.39 is 0 Å². The molecular weight excluding hydrogens is 256 g/mol. The van der Waals surface area contributed by atoms with E-state index in [0.717, 1.165) is 24.0 Å². The Labute approximate surface area is 119 Å². The number of phenolic OH excluding ortho intramolecular Hbond substituents is 1. The topological polar surface area (TPSA) is 66.8 Å². The van der Waals surface area contributed by atoms with Crippen molar-refractivity contribution in [3.8, 4) is 5.75 Å². The minimum absolute atomic E-state index is 0.0341. The molecule has 110 valence electrons. The van der Waals surface area contributed by atoms with Crippen molar-refractivity contribution >= 4 is 5.97 Å². The van der Waals surface area contributed by atoms with Crippen molar-refractivity contribution in [2.75, 3.05) is 13.2 Å². The average Bonchev–Trinajstić information content (AvgIpc) is 2.48. The maximum atomic E-state index is 11.5. The molecule has 0 aliphatic heterocycles. The predicted octanol–water partition coefficient (Wildman–Crippen LogP) is 2.52. The molecular formula is C16H22O4. The van der Waals surface area contributed by atoms with Crippen molar-refractivity contribution < 1.29 is 19.7 Å². The molecule has 4 nitrogen and oxygen atoms in total. The van der Waals surface area contributed by atoms with Crippen molar-refractivity contribution in [3.63, 3.8) is 0 Å². The van der Waals surface area contributed by atoms with E-state index in [0.29, 0.717) is 11.7 Å². The van der Waals surface area contributed by atoms with Crippen LogP contribution in [0, 0.1) is 0 Å². The second kappa shape index (κ2) is 7.29. The summed E-state index contributed by atoms with van der Waals surface area (Å²) in [5.74, 6) is 0.376. The van der Waals surface area contributed by atoms with Crippen molar-refractivity contribution in [2.24, 2.45) is 0 Å². The van der Waals surface area contributed by atoms with Crippen LogP contribution in [0.25, 0.3) is 0 Å². The monoisotopic (exact) mass is 278 g/mol. The third-order valence-corrected chi connectivity index (χ3v) is 3.84. The van der Waals surface area contributed by atoms with E-state index in [9.17, 15) is 9.90 Å². The van der Waals surface area contributed by atoms with Crippen LogP contribution < -0.4 is 0 Å². The second-order valence-corrected chi connectivity index (χ2v) is 5.35. The Balaban J connectivity index is 2.05. The lowest BCUT2D eigenvalue weighted by Gasteiger charge is -2.23. The van der Waals surface area contributed by atoms with Crippen LogP contribution in [0.2, 0.25) is 0 Å². The Morgan fingerprint density at radius 2 is 2.00 bits per heavy atom. The van der Waals surface area contributed by atoms with Crippen molar-refractivity contribution in [1.82, 2.24) is 0 Å². The lowest BCUT2D eigenvalue weighted by molar-refractivity contribution is -0.143. The summed E-state index contributed by atoms with van der Waals surface area (Å²) >= 11 is 0. The van der Waals surface area contributed by atoms with Gasteiger partial charge in [0.25, 0.3) is 0 Å². The van der Waals surface area contributed by atoms with Gasteiger partial charge in [-0.15, -0.1) is 0 Å². The first kappa shape index (κ1) is 14.9. The molecule has 20 heavy (non-hydrogen) atoms. The summed E-state index contributed by atoms with van der Waals surface area (Å²) in [7, 11) is 0. The first-order valence-corrected chi connectivity index (χ1v) is 7.29. The molecule has 0 bridgehead atoms. The minimum atomic E-state index is -0.348. The molecule has 0 heterocycles. The van der Waals surface area contributed by atoms with Gasteiger partial charge in [0.05, 0.1) is 13.0 Å². The van der Waals surface area contributed by atoms with Crippen LogP contribution >= 0.6 is 0 Å². The highest BCUT2D eigenvalue weighted by molar-refractivity contribution is 5.72. The van der Waals surface area contributed by atoms with Gasteiger partial charge in [0.15, 0.2) is 0 Å². The molecule has 1 aliphatic carbocycles. The number of esters is 1. The van der Waals surface area contributed by atoms with Crippen LogP contribution in [0.1, 0.15) is 49.1 Å². The first-order valence-electron chi connectivity index (χ1n) is 7.29. The number of benzene rings is 1. The summed E-state index contributed by atoms with van der Waals surface area (Å²) in [6.45, 7) is -0.124. The molecule has 0 amide bonds. The first-order chi connectivity index (χ1) is 9.70. The predicted molar refractivity (Wildman–Crippen MR) is 75.7 cm³/mol. The molecule has 0 spiro atoms. The largest absolute Gasteiger partial charge is 0.508 e. The lowest BCUT2D eigenvalue weighted by atomic mass is 9.83. The highest BCUT2D eigenvalue weighted by Crippen LogP contribution is 2.37. The van der Waals surface area contributed by atoms with E-state index in [4.69, 9.17) is 9.84 Å². The summed E-state index contributed by atoms with van der Waals surface area (Å²) in [5, 5.41) is 18.6. The van der Waals surface area contributed by atoms with Gasteiger partial charge in [-0.3, -0.25) is 4.79 Å². The van der Waals surface area contributed by atoms with E-state index in [1.165, 1.54) is 19.3 Å². The number of hydrogen-bond donors (Lipinski definition) is 2. The maximum Gasteiger partial charge on any atom is 0.310 e. The quantitative estimate of drug-likeness (QED) is 0.812. The molecule has 1 aliphatic rings. The summed E-state index contributed by atoms with van der Waals surface area (Å²) in [5.41, 5.74) is 1.81. The fourth-order valence-electron chi connectivity index (χ4n) is 2.83. The zero-order valence-corrected chi connectivity index (χ0v) is 11.7. The van der Waals surface area contributed by atoms with Gasteiger partial charge in [-0.2, -0.15) is 0 Å². The van der Waals surface area contributed by atoms with Gasteiger partial charge in [0.1, 0.15) is 12.4 Å². The fourth-order valence-corrected chi connectivity index (χ4v) is 2.83. The van der Waals surface area contributed by atoms with Crippen molar-refractivity contribution in [2.45, 2.75) is 44.4 Å². The summed E-state index contributed by atoms with van der Waals surface area (Å²) in [4.78, 5) is 11.5. The molecule has 0 aromatic heterocycles. The Morgan fingerprint density at radius 3 is 2.70 bits per heavy atom. The highest BCUT2D eigenvalue weighted by atomic mass is 16.5. The van der Waals surface area contributed by atoms with Crippen molar-refractivity contribution in [1.29, 1.82) is 0 Å². The Hall–Kier alpha value is -1.55. The number of aliphatic hydroxyl groups excluding tert-OH is 1. The van der Waals surface area contributed by atoms with E-state index in [1.807, 2.05) is 6.07 Å². The van der Waals surface area contributed by atoms with Crippen LogP contribution in [-0.2, 0) is 16.0 Å². The van der Waals surface area contributed by atoms with Gasteiger partial charge in [-0.1, -0.05) is 31.4 Å². The number of phenols is 1. The van der Waals surface area contributed by atoms with Gasteiger partial charge >= 0.3 is 5.97 Å². The molecule has 2 N–H and O–H groups in total. The summed E-state index contributed by atoms with van der Waals surface area (Å²) in [6, 6.07) is 5.34. The molecule has 0 radical (unpaired) electrons. The zero-order valence-electron chi connectivity index (χ0n) is 11.7. The number of aliphatic hydroxyl groups is 1. The molecule has 4 heteroatoms. The van der Waals surface area contributed by atoms with Gasteiger partial charge < -0.3 is 14.9 Å². The number of ether oxygens (including phenoxy) is 1. The summed E-state index contributed by atoms with van der Waals surface area (Å²) < 4.78 is 4.86. The van der Waals surface area contributed by atoms with Gasteiger partial charge in [-0.05, 0) is 36.0 Å². The Morgan fingerprint density at radius 1 is 1.25 bits per heavy atom. The second-order valence-electron chi connectivity index (χ2n) is 5.35. The van der Waals surface area contributed by atoms with E-state index >= 15 is 0 Å². The van der Waals surface area contributed by atoms with E-state index in [1.54, 1.807) is 12.1 Å². The smallest absolute Gasteiger partial charge is 0.310 e. The van der Waals surface area contributed by atoms with Gasteiger partial charge in [0.2, 0.25) is 0 Å². The van der Waals surface area contributed by atoms with Crippen LogP contribution in [-0.4, -0.2) is 29.4 Å². The standard InChI is InChI=1S/C16H22O4/c17-8-9-20-16(19)11-12-6-7-15(18)14(10-12)13-4-2-1-3-5-13/h6-7,10,13,17-18H,1-5,8-9,11H2. The summed E-state index contributed by atoms with van der Waals surface area (Å²) in [6.07, 6.45) is 6.06. The Bertz CT molecular complexity index is 450. The molecule has 1 aromatic carbocycles. The van der Waals surface area contributed by atoms with Crippen molar-refractivity contribution in [3.05, 3.63) is 29.3 Å². The molecule has 0 saturated heterocycles. The maximum absolute atomic E-state index is 11.5. The van der Waals surface area contributed by atoms with Crippen LogP contribution in [0.5, 0.6) is 5.75 Å². The molecule has 1 aromatic rings. The van der Waals surface area contributed by atoms with Crippen LogP contribution in [0.4, 0.5) is 0 Å². The Kier molecular flexibility index (Phi) is 5.41.